The van der Waals surface area contributed by atoms with Crippen molar-refractivity contribution in [3.05, 3.63) is 47.7 Å². The summed E-state index contributed by atoms with van der Waals surface area (Å²) in [5.74, 6) is 0.376. The first-order valence-corrected chi connectivity index (χ1v) is 6.01. The summed E-state index contributed by atoms with van der Waals surface area (Å²) in [7, 11) is 0. The zero-order valence-corrected chi connectivity index (χ0v) is 9.82. The molecule has 0 aliphatic carbocycles. The number of carbonyl (C=O) groups excluding carboxylic acids is 1. The number of fused-ring (bicyclic) bond motifs is 1. The molecule has 3 rings (SSSR count). The summed E-state index contributed by atoms with van der Waals surface area (Å²) < 4.78 is 17.0. The molecule has 1 aromatic rings. The fraction of sp³-hybridized carbons (Fsp3) is 0.357. The minimum atomic E-state index is -0.345. The fourth-order valence-corrected chi connectivity index (χ4v) is 2.21. The van der Waals surface area contributed by atoms with E-state index in [0.717, 1.165) is 11.8 Å². The molecular weight excluding hydrogens is 232 g/mol. The molecule has 2 aliphatic heterocycles. The normalized spacial score (nSPS) is 30.9. The SMILES string of the molecule is O=CC1=CC[C@@H]2O[C@H](c3ccccc3)OC[C@H]2O1. The summed E-state index contributed by atoms with van der Waals surface area (Å²) in [5, 5.41) is 0. The van der Waals surface area contributed by atoms with Crippen LogP contribution in [0.5, 0.6) is 0 Å². The fourth-order valence-electron chi connectivity index (χ4n) is 2.21. The summed E-state index contributed by atoms with van der Waals surface area (Å²) in [4.78, 5) is 10.6. The van der Waals surface area contributed by atoms with Gasteiger partial charge in [0.05, 0.1) is 6.61 Å². The quantitative estimate of drug-likeness (QED) is 0.748. The highest BCUT2D eigenvalue weighted by Gasteiger charge is 2.36. The second-order valence-electron chi connectivity index (χ2n) is 4.37. The van der Waals surface area contributed by atoms with E-state index < -0.39 is 0 Å². The number of carbonyl (C=O) groups is 1. The zero-order valence-electron chi connectivity index (χ0n) is 9.82. The summed E-state index contributed by atoms with van der Waals surface area (Å²) in [6, 6.07) is 9.81. The van der Waals surface area contributed by atoms with E-state index in [1.54, 1.807) is 6.08 Å². The smallest absolute Gasteiger partial charge is 0.184 e. The van der Waals surface area contributed by atoms with Crippen LogP contribution in [0.1, 0.15) is 18.3 Å². The van der Waals surface area contributed by atoms with Crippen molar-refractivity contribution >= 4 is 6.29 Å². The number of hydrogen-bond acceptors (Lipinski definition) is 4. The molecule has 94 valence electrons. The van der Waals surface area contributed by atoms with Gasteiger partial charge in [0.25, 0.3) is 0 Å². The van der Waals surface area contributed by atoms with Gasteiger partial charge >= 0.3 is 0 Å². The van der Waals surface area contributed by atoms with Crippen molar-refractivity contribution in [3.8, 4) is 0 Å². The van der Waals surface area contributed by atoms with Crippen LogP contribution in [0.25, 0.3) is 0 Å². The van der Waals surface area contributed by atoms with Crippen molar-refractivity contribution in [3.63, 3.8) is 0 Å². The molecule has 0 radical (unpaired) electrons. The van der Waals surface area contributed by atoms with Crippen molar-refractivity contribution in [2.24, 2.45) is 0 Å². The molecule has 0 N–H and O–H groups in total. The maximum absolute atomic E-state index is 10.6. The maximum atomic E-state index is 10.6. The van der Waals surface area contributed by atoms with E-state index in [9.17, 15) is 4.79 Å². The predicted octanol–water partition coefficient (Wildman–Crippen LogP) is 1.97. The van der Waals surface area contributed by atoms with Crippen molar-refractivity contribution in [2.75, 3.05) is 6.61 Å². The zero-order chi connectivity index (χ0) is 12.4. The molecule has 2 aliphatic rings. The van der Waals surface area contributed by atoms with Crippen LogP contribution in [0.4, 0.5) is 0 Å². The van der Waals surface area contributed by atoms with Crippen LogP contribution in [0.15, 0.2) is 42.2 Å². The molecule has 1 aromatic carbocycles. The van der Waals surface area contributed by atoms with Crippen molar-refractivity contribution in [2.45, 2.75) is 24.9 Å². The minimum absolute atomic E-state index is 0.0485. The summed E-state index contributed by atoms with van der Waals surface area (Å²) in [5.41, 5.74) is 1.00. The molecule has 0 aromatic heterocycles. The third-order valence-electron chi connectivity index (χ3n) is 3.15. The third kappa shape index (κ3) is 2.17. The van der Waals surface area contributed by atoms with Gasteiger partial charge in [-0.1, -0.05) is 30.3 Å². The Morgan fingerprint density at radius 1 is 1.17 bits per heavy atom. The van der Waals surface area contributed by atoms with Crippen molar-refractivity contribution in [1.29, 1.82) is 0 Å². The standard InChI is InChI=1S/C14H14O4/c15-8-11-6-7-12-13(17-11)9-16-14(18-12)10-4-2-1-3-5-10/h1-6,8,12-14H,7,9H2/t12-,13+,14+/m0/s1. The van der Waals surface area contributed by atoms with Gasteiger partial charge in [-0.15, -0.1) is 0 Å². The molecule has 1 fully saturated rings. The van der Waals surface area contributed by atoms with Gasteiger partial charge in [-0.2, -0.15) is 0 Å². The van der Waals surface area contributed by atoms with Crippen LogP contribution in [0.2, 0.25) is 0 Å². The Hall–Kier alpha value is -1.65. The van der Waals surface area contributed by atoms with Gasteiger partial charge in [0.15, 0.2) is 18.3 Å². The third-order valence-corrected chi connectivity index (χ3v) is 3.15. The molecule has 3 atom stereocenters. The predicted molar refractivity (Wildman–Crippen MR) is 63.6 cm³/mol. The Balaban J connectivity index is 1.72. The highest BCUT2D eigenvalue weighted by molar-refractivity contribution is 5.70. The Bertz CT molecular complexity index is 454. The molecule has 0 saturated carbocycles. The second-order valence-corrected chi connectivity index (χ2v) is 4.37. The van der Waals surface area contributed by atoms with Crippen LogP contribution in [-0.2, 0) is 19.0 Å². The largest absolute Gasteiger partial charge is 0.482 e. The van der Waals surface area contributed by atoms with Gasteiger partial charge in [-0.3, -0.25) is 4.79 Å². The summed E-state index contributed by atoms with van der Waals surface area (Å²) in [6.07, 6.45) is 2.59. The maximum Gasteiger partial charge on any atom is 0.184 e. The van der Waals surface area contributed by atoms with E-state index >= 15 is 0 Å². The van der Waals surface area contributed by atoms with Crippen LogP contribution < -0.4 is 0 Å². The molecule has 4 heteroatoms. The minimum Gasteiger partial charge on any atom is -0.482 e. The lowest BCUT2D eigenvalue weighted by Crippen LogP contribution is -2.43. The number of rotatable bonds is 2. The number of hydrogen-bond donors (Lipinski definition) is 0. The summed E-state index contributed by atoms with van der Waals surface area (Å²) in [6.45, 7) is 0.440. The molecule has 0 unspecified atom stereocenters. The van der Waals surface area contributed by atoms with E-state index in [1.807, 2.05) is 30.3 Å². The molecule has 4 nitrogen and oxygen atoms in total. The van der Waals surface area contributed by atoms with Gasteiger partial charge in [0, 0.05) is 5.56 Å². The highest BCUT2D eigenvalue weighted by Crippen LogP contribution is 2.32. The van der Waals surface area contributed by atoms with Crippen LogP contribution in [-0.4, -0.2) is 25.1 Å². The second kappa shape index (κ2) is 4.92. The Morgan fingerprint density at radius 3 is 2.78 bits per heavy atom. The average Bonchev–Trinajstić information content (AvgIpc) is 2.47. The van der Waals surface area contributed by atoms with Gasteiger partial charge in [0.2, 0.25) is 0 Å². The Labute approximate surface area is 105 Å². The Kier molecular flexibility index (Phi) is 3.13. The molecule has 0 bridgehead atoms. The van der Waals surface area contributed by atoms with E-state index in [-0.39, 0.29) is 18.5 Å². The van der Waals surface area contributed by atoms with Crippen LogP contribution in [0.3, 0.4) is 0 Å². The molecular formula is C14H14O4. The van der Waals surface area contributed by atoms with Gasteiger partial charge in [-0.25, -0.2) is 0 Å². The average molecular weight is 246 g/mol. The van der Waals surface area contributed by atoms with Crippen LogP contribution in [0, 0.1) is 0 Å². The van der Waals surface area contributed by atoms with Gasteiger partial charge < -0.3 is 14.2 Å². The number of benzene rings is 1. The number of allylic oxidation sites excluding steroid dienone is 1. The van der Waals surface area contributed by atoms with Crippen LogP contribution >= 0.6 is 0 Å². The summed E-state index contributed by atoms with van der Waals surface area (Å²) >= 11 is 0. The lowest BCUT2D eigenvalue weighted by molar-refractivity contribution is -0.261. The lowest BCUT2D eigenvalue weighted by atomic mass is 10.1. The van der Waals surface area contributed by atoms with Gasteiger partial charge in [-0.05, 0) is 12.5 Å². The van der Waals surface area contributed by atoms with E-state index in [0.29, 0.717) is 18.8 Å². The number of aldehydes is 1. The first kappa shape index (κ1) is 11.4. The first-order valence-electron chi connectivity index (χ1n) is 6.01. The molecule has 1 saturated heterocycles. The first-order chi connectivity index (χ1) is 8.86. The van der Waals surface area contributed by atoms with Crippen molar-refractivity contribution < 1.29 is 19.0 Å². The van der Waals surface area contributed by atoms with Gasteiger partial charge in [0.1, 0.15) is 12.2 Å². The van der Waals surface area contributed by atoms with Crippen molar-refractivity contribution in [1.82, 2.24) is 0 Å². The molecule has 2 heterocycles. The van der Waals surface area contributed by atoms with E-state index in [4.69, 9.17) is 14.2 Å². The topological polar surface area (TPSA) is 44.8 Å². The Morgan fingerprint density at radius 2 is 2.00 bits per heavy atom. The molecule has 0 spiro atoms. The van der Waals surface area contributed by atoms with E-state index in [2.05, 4.69) is 0 Å². The monoisotopic (exact) mass is 246 g/mol. The molecule has 0 amide bonds. The van der Waals surface area contributed by atoms with E-state index in [1.165, 1.54) is 0 Å². The molecule has 18 heavy (non-hydrogen) atoms. The number of ether oxygens (including phenoxy) is 3. The highest BCUT2D eigenvalue weighted by atomic mass is 16.7. The lowest BCUT2D eigenvalue weighted by Gasteiger charge is -2.38.